The van der Waals surface area contributed by atoms with Crippen molar-refractivity contribution in [2.24, 2.45) is 0 Å². The standard InChI is InChI=1S/5C14H20ClFN4/c5*1-14(2)7-9(6-10-4-3-5-20(10)14)18-12-11(16)8-17-13(15)19-12/h5*8-10H,3-7H2,1-2H3,(H,17,18,19)/t2*9-,10+;3*9-,10-/m10100/s1. The van der Waals surface area contributed by atoms with Gasteiger partial charge in [0.1, 0.15) is 0 Å². The molecule has 5 aromatic rings. The zero-order valence-electron chi connectivity index (χ0n) is 59.3. The number of hydrogen-bond acceptors (Lipinski definition) is 20. The van der Waals surface area contributed by atoms with Gasteiger partial charge in [-0.25, -0.2) is 46.9 Å². The van der Waals surface area contributed by atoms with Crippen molar-refractivity contribution in [3.63, 3.8) is 0 Å². The quantitative estimate of drug-likeness (QED) is 0.0651. The highest BCUT2D eigenvalue weighted by atomic mass is 35.5. The number of fused-ring (bicyclic) bond motifs is 5. The Kier molecular flexibility index (Phi) is 24.4. The Morgan fingerprint density at radius 3 is 0.620 bits per heavy atom. The van der Waals surface area contributed by atoms with Crippen LogP contribution in [0.15, 0.2) is 31.0 Å². The van der Waals surface area contributed by atoms with Crippen LogP contribution in [-0.4, -0.2) is 195 Å². The second kappa shape index (κ2) is 31.9. The number of rotatable bonds is 10. The predicted molar refractivity (Wildman–Crippen MR) is 387 cm³/mol. The van der Waals surface area contributed by atoms with Crippen molar-refractivity contribution in [2.45, 2.75) is 286 Å². The molecule has 0 spiro atoms. The summed E-state index contributed by atoms with van der Waals surface area (Å²) in [5.41, 5.74) is 0.716. The second-order valence-electron chi connectivity index (χ2n) is 32.1. The number of piperidine rings is 5. The monoisotopic (exact) mass is 1490 g/mol. The van der Waals surface area contributed by atoms with Crippen molar-refractivity contribution in [3.8, 4) is 0 Å². The van der Waals surface area contributed by atoms with E-state index < -0.39 is 29.1 Å². The summed E-state index contributed by atoms with van der Waals surface area (Å²) in [4.78, 5) is 51.0. The van der Waals surface area contributed by atoms with Crippen molar-refractivity contribution in [1.29, 1.82) is 0 Å². The van der Waals surface area contributed by atoms with Gasteiger partial charge in [-0.05, 0) is 288 Å². The van der Waals surface area contributed by atoms with Gasteiger partial charge >= 0.3 is 0 Å². The van der Waals surface area contributed by atoms with E-state index in [1.807, 2.05) is 0 Å². The van der Waals surface area contributed by atoms with Gasteiger partial charge in [-0.15, -0.1) is 0 Å². The molecule has 10 aliphatic rings. The third kappa shape index (κ3) is 18.9. The topological polar surface area (TPSA) is 205 Å². The van der Waals surface area contributed by atoms with Gasteiger partial charge in [0.15, 0.2) is 58.2 Å². The molecule has 15 heterocycles. The number of hydrogen-bond donors (Lipinski definition) is 5. The molecule has 20 nitrogen and oxygen atoms in total. The SMILES string of the molecule is CC1(C)C[C@@H](Nc2nc(Cl)ncc2F)C[C@@H]2CCCN21.CC1(C)C[C@@H](Nc2nc(Cl)ncc2F)C[C@@H]2CCCN21.CC1(C)C[C@@H](Nc2nc(Cl)ncc2F)C[C@H]2CCCN21.CC1(C)C[C@H](Nc2nc(Cl)ncc2F)C[C@@H]2CCCN21.CC1(C)C[C@H](Nc2nc(Cl)ncc2F)C[C@H]2CCCN21. The Bertz CT molecular complexity index is 3070. The fourth-order valence-electron chi connectivity index (χ4n) is 18.8. The van der Waals surface area contributed by atoms with Crippen molar-refractivity contribution >= 4 is 87.1 Å². The van der Waals surface area contributed by atoms with Crippen molar-refractivity contribution in [1.82, 2.24) is 74.3 Å². The van der Waals surface area contributed by atoms with E-state index in [-0.39, 0.29) is 113 Å². The predicted octanol–water partition coefficient (Wildman–Crippen LogP) is 15.4. The fraction of sp³-hybridized carbons (Fsp3) is 0.714. The minimum absolute atomic E-state index is 0.0754. The summed E-state index contributed by atoms with van der Waals surface area (Å²) in [6.45, 7) is 28.6. The summed E-state index contributed by atoms with van der Waals surface area (Å²) >= 11 is 28.7. The molecule has 5 N–H and O–H groups in total. The first kappa shape index (κ1) is 76.4. The molecule has 0 radical (unpaired) electrons. The first-order chi connectivity index (χ1) is 47.3. The molecule has 10 saturated heterocycles. The lowest BCUT2D eigenvalue weighted by Gasteiger charge is -2.47. The minimum atomic E-state index is -0.443. The number of anilines is 5. The molecule has 0 saturated carbocycles. The van der Waals surface area contributed by atoms with Gasteiger partial charge < -0.3 is 26.6 Å². The summed E-state index contributed by atoms with van der Waals surface area (Å²) in [5.74, 6) is -1.12. The van der Waals surface area contributed by atoms with E-state index in [2.05, 4.69) is 170 Å². The van der Waals surface area contributed by atoms with E-state index in [1.165, 1.54) is 96.9 Å². The van der Waals surface area contributed by atoms with Crippen molar-refractivity contribution < 1.29 is 22.0 Å². The summed E-state index contributed by atoms with van der Waals surface area (Å²) in [6, 6.07) is 4.10. The van der Waals surface area contributed by atoms with E-state index >= 15 is 0 Å². The minimum Gasteiger partial charge on any atom is -0.365 e. The van der Waals surface area contributed by atoms with E-state index in [0.717, 1.165) is 95.2 Å². The molecule has 0 aliphatic carbocycles. The number of halogens is 10. The van der Waals surface area contributed by atoms with E-state index in [4.69, 9.17) is 58.0 Å². The molecule has 10 fully saturated rings. The van der Waals surface area contributed by atoms with Crippen molar-refractivity contribution in [3.05, 3.63) is 86.5 Å². The summed E-state index contributed by atoms with van der Waals surface area (Å²) in [5, 5.41) is 16.5. The van der Waals surface area contributed by atoms with Gasteiger partial charge in [-0.3, -0.25) is 24.5 Å². The lowest BCUT2D eigenvalue weighted by atomic mass is 9.84. The lowest BCUT2D eigenvalue weighted by Crippen LogP contribution is -2.55. The normalized spacial score (nSPS) is 29.2. The maximum absolute atomic E-state index is 13.7. The van der Waals surface area contributed by atoms with Crippen LogP contribution < -0.4 is 26.6 Å². The van der Waals surface area contributed by atoms with Crippen LogP contribution in [-0.2, 0) is 0 Å². The molecule has 100 heavy (non-hydrogen) atoms. The van der Waals surface area contributed by atoms with Crippen LogP contribution in [0.2, 0.25) is 26.4 Å². The number of nitrogens with one attached hydrogen (secondary N) is 5. The first-order valence-electron chi connectivity index (χ1n) is 35.8. The molecule has 30 heteroatoms. The van der Waals surface area contributed by atoms with Gasteiger partial charge in [0.2, 0.25) is 26.4 Å². The molecule has 10 aliphatic heterocycles. The van der Waals surface area contributed by atoms with Crippen LogP contribution in [0, 0.1) is 29.1 Å². The van der Waals surface area contributed by atoms with E-state index in [0.29, 0.717) is 30.2 Å². The molecule has 5 aromatic heterocycles. The van der Waals surface area contributed by atoms with Crippen LogP contribution in [0.25, 0.3) is 0 Å². The maximum atomic E-state index is 13.7. The number of aromatic nitrogens is 10. The smallest absolute Gasteiger partial charge is 0.224 e. The molecule has 0 bridgehead atoms. The lowest BCUT2D eigenvalue weighted by molar-refractivity contribution is 0.0498. The highest BCUT2D eigenvalue weighted by Crippen LogP contribution is 2.44. The highest BCUT2D eigenvalue weighted by molar-refractivity contribution is 6.29. The maximum Gasteiger partial charge on any atom is 0.224 e. The Morgan fingerprint density at radius 2 is 0.460 bits per heavy atom. The number of nitrogens with zero attached hydrogens (tertiary/aromatic N) is 15. The zero-order chi connectivity index (χ0) is 71.6. The third-order valence-corrected chi connectivity index (χ3v) is 23.5. The van der Waals surface area contributed by atoms with Crippen molar-refractivity contribution in [2.75, 3.05) is 59.3 Å². The van der Waals surface area contributed by atoms with Gasteiger partial charge in [0.05, 0.1) is 31.0 Å². The summed E-state index contributed by atoms with van der Waals surface area (Å²) in [6.07, 6.45) is 28.1. The zero-order valence-corrected chi connectivity index (χ0v) is 63.1. The Morgan fingerprint density at radius 1 is 0.300 bits per heavy atom. The molecule has 15 rings (SSSR count). The molecule has 0 amide bonds. The third-order valence-electron chi connectivity index (χ3n) is 22.6. The molecular weight excluding hydrogens is 1390 g/mol. The fourth-order valence-corrected chi connectivity index (χ4v) is 19.5. The van der Waals surface area contributed by atoms with Crippen LogP contribution in [0.1, 0.15) is 198 Å². The highest BCUT2D eigenvalue weighted by Gasteiger charge is 2.48. The summed E-state index contributed by atoms with van der Waals surface area (Å²) < 4.78 is 68.6. The average molecular weight is 1490 g/mol. The molecule has 10 atom stereocenters. The first-order valence-corrected chi connectivity index (χ1v) is 37.7. The van der Waals surface area contributed by atoms with E-state index in [9.17, 15) is 22.0 Å². The molecular formula is C70H100Cl5F5N20. The van der Waals surface area contributed by atoms with Gasteiger partial charge in [-0.1, -0.05) is 0 Å². The Labute approximate surface area is 611 Å². The average Bonchev–Trinajstić information content (AvgIpc) is 1.54. The van der Waals surface area contributed by atoms with Crippen LogP contribution in [0.4, 0.5) is 51.0 Å². The largest absolute Gasteiger partial charge is 0.365 e. The van der Waals surface area contributed by atoms with E-state index in [1.54, 1.807) is 0 Å². The molecule has 0 unspecified atom stereocenters. The Balaban J connectivity index is 0.000000126. The molecule has 550 valence electrons. The Hall–Kier alpha value is -4.70. The van der Waals surface area contributed by atoms with Crippen LogP contribution in [0.5, 0.6) is 0 Å². The second-order valence-corrected chi connectivity index (χ2v) is 33.8. The van der Waals surface area contributed by atoms with Crippen LogP contribution >= 0.6 is 58.0 Å². The summed E-state index contributed by atoms with van der Waals surface area (Å²) in [7, 11) is 0. The van der Waals surface area contributed by atoms with Crippen LogP contribution in [0.3, 0.4) is 0 Å². The molecule has 0 aromatic carbocycles. The van der Waals surface area contributed by atoms with Gasteiger partial charge in [-0.2, -0.15) is 24.9 Å². The van der Waals surface area contributed by atoms with Gasteiger partial charge in [0, 0.05) is 88.1 Å². The van der Waals surface area contributed by atoms with Gasteiger partial charge in [0.25, 0.3) is 0 Å².